The number of nitrogens with zero attached hydrogens (tertiary/aromatic N) is 2. The molecular weight excluding hydrogens is 268 g/mol. The lowest BCUT2D eigenvalue weighted by Gasteiger charge is -2.17. The average molecular weight is 288 g/mol. The third-order valence-electron chi connectivity index (χ3n) is 3.15. The number of nitrogens with one attached hydrogen (secondary N) is 2. The molecule has 0 saturated heterocycles. The zero-order valence-electron chi connectivity index (χ0n) is 12.4. The van der Waals surface area contributed by atoms with Crippen LogP contribution in [0.2, 0.25) is 0 Å². The van der Waals surface area contributed by atoms with Crippen molar-refractivity contribution in [3.63, 3.8) is 0 Å². The first-order valence-corrected chi connectivity index (χ1v) is 6.95. The Morgan fingerprint density at radius 3 is 2.62 bits per heavy atom. The normalized spacial score (nSPS) is 12.4. The van der Waals surface area contributed by atoms with E-state index in [1.54, 1.807) is 7.05 Å². The molecule has 3 N–H and O–H groups in total. The van der Waals surface area contributed by atoms with Crippen molar-refractivity contribution in [2.24, 2.45) is 5.92 Å². The van der Waals surface area contributed by atoms with Crippen LogP contribution in [0, 0.1) is 5.92 Å². The van der Waals surface area contributed by atoms with E-state index < -0.39 is 12.0 Å². The first-order chi connectivity index (χ1) is 10.0. The number of fused-ring (bicyclic) bond motifs is 1. The minimum atomic E-state index is -0.897. The van der Waals surface area contributed by atoms with Gasteiger partial charge in [-0.3, -0.25) is 0 Å². The van der Waals surface area contributed by atoms with Crippen molar-refractivity contribution in [1.29, 1.82) is 0 Å². The Bertz CT molecular complexity index is 643. The van der Waals surface area contributed by atoms with Crippen LogP contribution in [0.5, 0.6) is 0 Å². The molecule has 2 aromatic rings. The number of benzene rings is 1. The standard InChI is InChI=1S/C15H20N4O2/c1-9(2)8-12(14(20)21)18-15-17-11-7-5-4-6-10(11)13(16-3)19-15/h4-7,9,12H,8H2,1-3H3,(H,20,21)(H2,16,17,18,19)/t12-/m0/s1. The molecule has 0 bridgehead atoms. The van der Waals surface area contributed by atoms with Crippen molar-refractivity contribution in [2.45, 2.75) is 26.3 Å². The lowest BCUT2D eigenvalue weighted by Crippen LogP contribution is -2.31. The number of para-hydroxylation sites is 1. The largest absolute Gasteiger partial charge is 0.480 e. The van der Waals surface area contributed by atoms with Gasteiger partial charge < -0.3 is 15.7 Å². The predicted molar refractivity (Wildman–Crippen MR) is 83.6 cm³/mol. The van der Waals surface area contributed by atoms with Crippen molar-refractivity contribution < 1.29 is 9.90 Å². The Kier molecular flexibility index (Phi) is 4.57. The lowest BCUT2D eigenvalue weighted by molar-refractivity contribution is -0.138. The van der Waals surface area contributed by atoms with Crippen LogP contribution in [-0.4, -0.2) is 34.1 Å². The monoisotopic (exact) mass is 288 g/mol. The Morgan fingerprint density at radius 1 is 1.29 bits per heavy atom. The van der Waals surface area contributed by atoms with E-state index >= 15 is 0 Å². The van der Waals surface area contributed by atoms with Crippen LogP contribution in [0.25, 0.3) is 10.9 Å². The average Bonchev–Trinajstić information content (AvgIpc) is 2.45. The summed E-state index contributed by atoms with van der Waals surface area (Å²) in [6, 6.07) is 6.91. The number of hydrogen-bond donors (Lipinski definition) is 3. The predicted octanol–water partition coefficient (Wildman–Crippen LogP) is 2.58. The molecule has 6 nitrogen and oxygen atoms in total. The number of aliphatic carboxylic acids is 1. The Hall–Kier alpha value is -2.37. The fraction of sp³-hybridized carbons (Fsp3) is 0.400. The molecule has 1 aromatic heterocycles. The van der Waals surface area contributed by atoms with Crippen molar-refractivity contribution in [1.82, 2.24) is 9.97 Å². The maximum atomic E-state index is 11.3. The van der Waals surface area contributed by atoms with Gasteiger partial charge in [-0.05, 0) is 24.5 Å². The molecule has 0 amide bonds. The molecule has 0 spiro atoms. The number of carboxylic acid groups (broad SMARTS) is 1. The Morgan fingerprint density at radius 2 is 2.00 bits per heavy atom. The van der Waals surface area contributed by atoms with E-state index in [0.717, 1.165) is 10.9 Å². The molecule has 0 aliphatic heterocycles. The molecule has 0 unspecified atom stereocenters. The smallest absolute Gasteiger partial charge is 0.326 e. The Labute approximate surface area is 123 Å². The molecule has 6 heteroatoms. The maximum Gasteiger partial charge on any atom is 0.326 e. The third-order valence-corrected chi connectivity index (χ3v) is 3.15. The van der Waals surface area contributed by atoms with E-state index in [2.05, 4.69) is 20.6 Å². The van der Waals surface area contributed by atoms with Crippen LogP contribution in [0.15, 0.2) is 24.3 Å². The minimum absolute atomic E-state index is 0.267. The van der Waals surface area contributed by atoms with Crippen molar-refractivity contribution >= 4 is 28.6 Å². The number of aromatic nitrogens is 2. The van der Waals surface area contributed by atoms with Gasteiger partial charge in [0, 0.05) is 12.4 Å². The fourth-order valence-electron chi connectivity index (χ4n) is 2.18. The first kappa shape index (κ1) is 15.0. The fourth-order valence-corrected chi connectivity index (χ4v) is 2.18. The van der Waals surface area contributed by atoms with Gasteiger partial charge in [0.1, 0.15) is 11.9 Å². The molecule has 0 aliphatic rings. The van der Waals surface area contributed by atoms with E-state index in [-0.39, 0.29) is 5.92 Å². The second-order valence-electron chi connectivity index (χ2n) is 5.33. The molecule has 2 rings (SSSR count). The summed E-state index contributed by atoms with van der Waals surface area (Å²) in [5.74, 6) is 0.372. The summed E-state index contributed by atoms with van der Waals surface area (Å²) in [7, 11) is 1.78. The van der Waals surface area contributed by atoms with Gasteiger partial charge in [-0.15, -0.1) is 0 Å². The highest BCUT2D eigenvalue weighted by Crippen LogP contribution is 2.22. The van der Waals surface area contributed by atoms with Crippen LogP contribution >= 0.6 is 0 Å². The van der Waals surface area contributed by atoms with Crippen LogP contribution in [0.3, 0.4) is 0 Å². The molecule has 1 heterocycles. The lowest BCUT2D eigenvalue weighted by atomic mass is 10.0. The van der Waals surface area contributed by atoms with E-state index in [1.165, 1.54) is 0 Å². The summed E-state index contributed by atoms with van der Waals surface area (Å²) in [4.78, 5) is 20.1. The second-order valence-corrected chi connectivity index (χ2v) is 5.33. The zero-order valence-corrected chi connectivity index (χ0v) is 12.4. The van der Waals surface area contributed by atoms with Gasteiger partial charge in [-0.2, -0.15) is 4.98 Å². The van der Waals surface area contributed by atoms with Crippen LogP contribution in [-0.2, 0) is 4.79 Å². The summed E-state index contributed by atoms with van der Waals surface area (Å²) < 4.78 is 0. The van der Waals surface area contributed by atoms with Crippen LogP contribution in [0.4, 0.5) is 11.8 Å². The molecule has 0 fully saturated rings. The Balaban J connectivity index is 2.35. The molecule has 112 valence electrons. The molecule has 21 heavy (non-hydrogen) atoms. The summed E-state index contributed by atoms with van der Waals surface area (Å²) in [6.07, 6.45) is 0.514. The number of hydrogen-bond acceptors (Lipinski definition) is 5. The second kappa shape index (κ2) is 6.39. The molecule has 1 atom stereocenters. The van der Waals surface area contributed by atoms with Gasteiger partial charge in [0.25, 0.3) is 0 Å². The molecule has 0 radical (unpaired) electrons. The highest BCUT2D eigenvalue weighted by Gasteiger charge is 2.20. The van der Waals surface area contributed by atoms with Crippen LogP contribution in [0.1, 0.15) is 20.3 Å². The SMILES string of the molecule is CNc1nc(N[C@@H](CC(C)C)C(=O)O)nc2ccccc12. The quantitative estimate of drug-likeness (QED) is 0.757. The molecule has 1 aromatic carbocycles. The number of carboxylic acids is 1. The maximum absolute atomic E-state index is 11.3. The van der Waals surface area contributed by atoms with Gasteiger partial charge >= 0.3 is 5.97 Å². The minimum Gasteiger partial charge on any atom is -0.480 e. The van der Waals surface area contributed by atoms with Crippen molar-refractivity contribution in [3.8, 4) is 0 Å². The summed E-state index contributed by atoms with van der Waals surface area (Å²) in [5, 5.41) is 16.1. The van der Waals surface area contributed by atoms with E-state index in [9.17, 15) is 9.90 Å². The van der Waals surface area contributed by atoms with E-state index in [0.29, 0.717) is 18.2 Å². The summed E-state index contributed by atoms with van der Waals surface area (Å²) >= 11 is 0. The third kappa shape index (κ3) is 3.59. The van der Waals surface area contributed by atoms with Gasteiger partial charge in [0.2, 0.25) is 5.95 Å². The van der Waals surface area contributed by atoms with Gasteiger partial charge in [0.05, 0.1) is 5.52 Å². The van der Waals surface area contributed by atoms with Gasteiger partial charge in [-0.1, -0.05) is 26.0 Å². The topological polar surface area (TPSA) is 87.1 Å². The number of rotatable bonds is 6. The van der Waals surface area contributed by atoms with Gasteiger partial charge in [-0.25, -0.2) is 9.78 Å². The van der Waals surface area contributed by atoms with Crippen LogP contribution < -0.4 is 10.6 Å². The molecule has 0 saturated carbocycles. The first-order valence-electron chi connectivity index (χ1n) is 6.95. The van der Waals surface area contributed by atoms with E-state index in [4.69, 9.17) is 0 Å². The summed E-state index contributed by atoms with van der Waals surface area (Å²) in [5.41, 5.74) is 0.771. The number of anilines is 2. The van der Waals surface area contributed by atoms with Crippen molar-refractivity contribution in [2.75, 3.05) is 17.7 Å². The summed E-state index contributed by atoms with van der Waals surface area (Å²) in [6.45, 7) is 3.97. The highest BCUT2D eigenvalue weighted by atomic mass is 16.4. The van der Waals surface area contributed by atoms with E-state index in [1.807, 2.05) is 38.1 Å². The van der Waals surface area contributed by atoms with Crippen molar-refractivity contribution in [3.05, 3.63) is 24.3 Å². The molecule has 0 aliphatic carbocycles. The number of carbonyl (C=O) groups is 1. The highest BCUT2D eigenvalue weighted by molar-refractivity contribution is 5.90. The van der Waals surface area contributed by atoms with Gasteiger partial charge in [0.15, 0.2) is 0 Å². The molecular formula is C15H20N4O2. The zero-order chi connectivity index (χ0) is 15.4.